The third kappa shape index (κ3) is 8.20. The van der Waals surface area contributed by atoms with Crippen LogP contribution in [-0.4, -0.2) is 30.8 Å². The Bertz CT molecular complexity index is 288. The first-order valence-corrected chi connectivity index (χ1v) is 6.99. The predicted molar refractivity (Wildman–Crippen MR) is 75.7 cm³/mol. The molecule has 0 atom stereocenters. The van der Waals surface area contributed by atoms with Crippen molar-refractivity contribution in [2.24, 2.45) is 0 Å². The largest absolute Gasteiger partial charge is 0.381 e. The number of pyridine rings is 1. The Balaban J connectivity index is 1.84. The summed E-state index contributed by atoms with van der Waals surface area (Å²) in [5.74, 6) is 0. The molecule has 102 valence electrons. The summed E-state index contributed by atoms with van der Waals surface area (Å²) in [6, 6.07) is 4.72. The maximum atomic E-state index is 5.62. The van der Waals surface area contributed by atoms with Crippen LogP contribution in [0.15, 0.2) is 24.5 Å². The second-order valence-corrected chi connectivity index (χ2v) is 4.89. The smallest absolute Gasteiger partial charge is 0.0469 e. The normalized spacial score (nSPS) is 11.1. The van der Waals surface area contributed by atoms with Gasteiger partial charge in [-0.2, -0.15) is 0 Å². The lowest BCUT2D eigenvalue weighted by Gasteiger charge is -2.08. The van der Waals surface area contributed by atoms with Gasteiger partial charge in [-0.05, 0) is 49.9 Å². The molecule has 0 aliphatic heterocycles. The molecule has 1 N–H and O–H groups in total. The molecule has 0 aliphatic rings. The van der Waals surface area contributed by atoms with Gasteiger partial charge >= 0.3 is 0 Å². The number of unbranched alkanes of at least 4 members (excludes halogenated alkanes) is 1. The zero-order valence-electron chi connectivity index (χ0n) is 11.7. The van der Waals surface area contributed by atoms with E-state index in [2.05, 4.69) is 36.3 Å². The topological polar surface area (TPSA) is 34.1 Å². The Morgan fingerprint density at radius 1 is 1.11 bits per heavy atom. The van der Waals surface area contributed by atoms with E-state index < -0.39 is 0 Å². The highest BCUT2D eigenvalue weighted by atomic mass is 16.5. The minimum atomic E-state index is 0.589. The van der Waals surface area contributed by atoms with Crippen LogP contribution in [0.4, 0.5) is 0 Å². The van der Waals surface area contributed by atoms with Gasteiger partial charge in [0, 0.05) is 31.6 Å². The first-order chi connectivity index (χ1) is 8.79. The number of ether oxygens (including phenoxy) is 1. The van der Waals surface area contributed by atoms with Gasteiger partial charge in [-0.1, -0.05) is 13.8 Å². The Morgan fingerprint density at radius 2 is 1.83 bits per heavy atom. The lowest BCUT2D eigenvalue weighted by Crippen LogP contribution is -2.23. The van der Waals surface area contributed by atoms with Gasteiger partial charge in [0.25, 0.3) is 0 Å². The molecule has 1 aromatic rings. The van der Waals surface area contributed by atoms with Gasteiger partial charge in [0.05, 0.1) is 0 Å². The molecular formula is C15H26N2O. The third-order valence-corrected chi connectivity index (χ3v) is 2.77. The minimum Gasteiger partial charge on any atom is -0.381 e. The van der Waals surface area contributed by atoms with E-state index in [1.807, 2.05) is 12.4 Å². The summed E-state index contributed by atoms with van der Waals surface area (Å²) in [6.45, 7) is 7.19. The van der Waals surface area contributed by atoms with E-state index >= 15 is 0 Å². The lowest BCUT2D eigenvalue weighted by atomic mass is 10.1. The summed E-state index contributed by atoms with van der Waals surface area (Å²) in [5, 5.41) is 3.41. The van der Waals surface area contributed by atoms with Gasteiger partial charge < -0.3 is 10.1 Å². The molecule has 0 aliphatic carbocycles. The van der Waals surface area contributed by atoms with Crippen molar-refractivity contribution in [3.8, 4) is 0 Å². The van der Waals surface area contributed by atoms with Crippen molar-refractivity contribution in [2.45, 2.75) is 45.6 Å². The van der Waals surface area contributed by atoms with Gasteiger partial charge in [-0.15, -0.1) is 0 Å². The van der Waals surface area contributed by atoms with E-state index in [-0.39, 0.29) is 0 Å². The highest BCUT2D eigenvalue weighted by Crippen LogP contribution is 2.01. The van der Waals surface area contributed by atoms with Crippen LogP contribution in [0, 0.1) is 0 Å². The molecule has 18 heavy (non-hydrogen) atoms. The van der Waals surface area contributed by atoms with Crippen molar-refractivity contribution in [3.05, 3.63) is 30.1 Å². The Morgan fingerprint density at radius 3 is 2.56 bits per heavy atom. The fourth-order valence-electron chi connectivity index (χ4n) is 1.75. The lowest BCUT2D eigenvalue weighted by molar-refractivity contribution is 0.128. The highest BCUT2D eigenvalue weighted by Gasteiger charge is 1.94. The van der Waals surface area contributed by atoms with Crippen LogP contribution in [0.3, 0.4) is 0 Å². The zero-order valence-corrected chi connectivity index (χ0v) is 11.7. The molecule has 3 heteroatoms. The van der Waals surface area contributed by atoms with Crippen LogP contribution < -0.4 is 5.32 Å². The number of nitrogens with one attached hydrogen (secondary N) is 1. The van der Waals surface area contributed by atoms with Crippen LogP contribution in [0.2, 0.25) is 0 Å². The van der Waals surface area contributed by atoms with Crippen LogP contribution >= 0.6 is 0 Å². The van der Waals surface area contributed by atoms with Crippen LogP contribution in [-0.2, 0) is 11.2 Å². The maximum Gasteiger partial charge on any atom is 0.0469 e. The monoisotopic (exact) mass is 250 g/mol. The van der Waals surface area contributed by atoms with E-state index in [9.17, 15) is 0 Å². The maximum absolute atomic E-state index is 5.62. The van der Waals surface area contributed by atoms with Crippen LogP contribution in [0.1, 0.15) is 38.7 Å². The standard InChI is InChI=1S/C15H26N2O/c1-14(2)17-9-3-4-12-18-13-5-6-15-7-10-16-11-8-15/h7-8,10-11,14,17H,3-6,9,12-13H2,1-2H3. The van der Waals surface area contributed by atoms with E-state index in [0.717, 1.165) is 39.0 Å². The van der Waals surface area contributed by atoms with Crippen molar-refractivity contribution in [3.63, 3.8) is 0 Å². The Kier molecular flexibility index (Phi) is 8.43. The molecule has 0 saturated heterocycles. The second-order valence-electron chi connectivity index (χ2n) is 4.89. The van der Waals surface area contributed by atoms with E-state index in [1.165, 1.54) is 12.0 Å². The number of hydrogen-bond donors (Lipinski definition) is 1. The number of nitrogens with zero attached hydrogens (tertiary/aromatic N) is 1. The van der Waals surface area contributed by atoms with Crippen molar-refractivity contribution in [1.29, 1.82) is 0 Å². The Hall–Kier alpha value is -0.930. The summed E-state index contributed by atoms with van der Waals surface area (Å²) in [6.07, 6.45) is 8.21. The predicted octanol–water partition coefficient (Wildman–Crippen LogP) is 2.81. The summed E-state index contributed by atoms with van der Waals surface area (Å²) in [4.78, 5) is 4.01. The number of aryl methyl sites for hydroxylation is 1. The van der Waals surface area contributed by atoms with E-state index in [4.69, 9.17) is 4.74 Å². The molecule has 1 rings (SSSR count). The van der Waals surface area contributed by atoms with E-state index in [1.54, 1.807) is 0 Å². The van der Waals surface area contributed by atoms with Crippen molar-refractivity contribution in [1.82, 2.24) is 10.3 Å². The third-order valence-electron chi connectivity index (χ3n) is 2.77. The first kappa shape index (κ1) is 15.1. The number of hydrogen-bond acceptors (Lipinski definition) is 3. The molecular weight excluding hydrogens is 224 g/mol. The molecule has 0 spiro atoms. The number of rotatable bonds is 10. The molecule has 0 fully saturated rings. The van der Waals surface area contributed by atoms with E-state index in [0.29, 0.717) is 6.04 Å². The molecule has 1 aromatic heterocycles. The van der Waals surface area contributed by atoms with Gasteiger partial charge in [0.15, 0.2) is 0 Å². The van der Waals surface area contributed by atoms with Crippen molar-refractivity contribution in [2.75, 3.05) is 19.8 Å². The fourth-order valence-corrected chi connectivity index (χ4v) is 1.75. The fraction of sp³-hybridized carbons (Fsp3) is 0.667. The summed E-state index contributed by atoms with van der Waals surface area (Å²) in [5.41, 5.74) is 1.34. The van der Waals surface area contributed by atoms with Gasteiger partial charge in [-0.3, -0.25) is 4.98 Å². The average Bonchev–Trinajstić information content (AvgIpc) is 2.37. The van der Waals surface area contributed by atoms with Gasteiger partial charge in [0.2, 0.25) is 0 Å². The second kappa shape index (κ2) is 10.0. The SMILES string of the molecule is CC(C)NCCCCOCCCc1ccncc1. The van der Waals surface area contributed by atoms with Crippen molar-refractivity contribution >= 4 is 0 Å². The van der Waals surface area contributed by atoms with Crippen LogP contribution in [0.5, 0.6) is 0 Å². The molecule has 0 saturated carbocycles. The Labute approximate surface area is 111 Å². The molecule has 0 aromatic carbocycles. The van der Waals surface area contributed by atoms with Crippen molar-refractivity contribution < 1.29 is 4.74 Å². The zero-order chi connectivity index (χ0) is 13.1. The molecule has 0 unspecified atom stereocenters. The molecule has 3 nitrogen and oxygen atoms in total. The van der Waals surface area contributed by atoms with Gasteiger partial charge in [-0.25, -0.2) is 0 Å². The quantitative estimate of drug-likeness (QED) is 0.648. The van der Waals surface area contributed by atoms with Crippen LogP contribution in [0.25, 0.3) is 0 Å². The first-order valence-electron chi connectivity index (χ1n) is 6.99. The molecule has 0 radical (unpaired) electrons. The molecule has 0 bridgehead atoms. The summed E-state index contributed by atoms with van der Waals surface area (Å²) < 4.78 is 5.62. The average molecular weight is 250 g/mol. The highest BCUT2D eigenvalue weighted by molar-refractivity contribution is 5.09. The molecule has 0 amide bonds. The summed E-state index contributed by atoms with van der Waals surface area (Å²) in [7, 11) is 0. The van der Waals surface area contributed by atoms with Gasteiger partial charge in [0.1, 0.15) is 0 Å². The molecule has 1 heterocycles. The number of aromatic nitrogens is 1. The minimum absolute atomic E-state index is 0.589. The summed E-state index contributed by atoms with van der Waals surface area (Å²) >= 11 is 0.